The molecule has 1 saturated heterocycles. The van der Waals surface area contributed by atoms with Gasteiger partial charge in [0.1, 0.15) is 17.3 Å². The Balaban J connectivity index is 2.11. The Kier molecular flexibility index (Phi) is 6.22. The summed E-state index contributed by atoms with van der Waals surface area (Å²) in [5.41, 5.74) is 1.30. The van der Waals surface area contributed by atoms with Crippen molar-refractivity contribution in [3.05, 3.63) is 65.2 Å². The SMILES string of the molecule is CCCCN1C(=O)C(=O)/C(=C(\O)c2ccc(OC)cc2)C1c1ccc(OC)cc1. The fraction of sp³-hybridized carbons (Fsp3) is 0.304. The highest BCUT2D eigenvalue weighted by molar-refractivity contribution is 6.46. The van der Waals surface area contributed by atoms with Gasteiger partial charge in [-0.25, -0.2) is 0 Å². The Bertz CT molecular complexity index is 915. The standard InChI is InChI=1S/C23H25NO5/c1-4-5-14-24-20(15-6-10-17(28-2)11-7-15)19(22(26)23(24)27)21(25)16-8-12-18(29-3)13-9-16/h6-13,20,25H,4-5,14H2,1-3H3/b21-19-. The van der Waals surface area contributed by atoms with Gasteiger partial charge in [0.25, 0.3) is 11.7 Å². The number of carbonyl (C=O) groups excluding carboxylic acids is 2. The maximum Gasteiger partial charge on any atom is 0.295 e. The lowest BCUT2D eigenvalue weighted by Crippen LogP contribution is -2.30. The number of rotatable bonds is 7. The molecule has 1 heterocycles. The van der Waals surface area contributed by atoms with E-state index in [1.54, 1.807) is 55.5 Å². The highest BCUT2D eigenvalue weighted by Crippen LogP contribution is 2.40. The van der Waals surface area contributed by atoms with Crippen molar-refractivity contribution in [1.82, 2.24) is 4.90 Å². The van der Waals surface area contributed by atoms with Gasteiger partial charge in [-0.3, -0.25) is 9.59 Å². The molecule has 0 saturated carbocycles. The fourth-order valence-electron chi connectivity index (χ4n) is 3.48. The number of hydrogen-bond donors (Lipinski definition) is 1. The first-order valence-electron chi connectivity index (χ1n) is 9.58. The summed E-state index contributed by atoms with van der Waals surface area (Å²) in [5.74, 6) is -0.138. The Labute approximate surface area is 170 Å². The molecule has 6 nitrogen and oxygen atoms in total. The first kappa shape index (κ1) is 20.5. The maximum atomic E-state index is 12.9. The van der Waals surface area contributed by atoms with Gasteiger partial charge in [0, 0.05) is 12.1 Å². The van der Waals surface area contributed by atoms with Crippen LogP contribution in [0.5, 0.6) is 11.5 Å². The van der Waals surface area contributed by atoms with Gasteiger partial charge in [0.05, 0.1) is 25.8 Å². The Morgan fingerprint density at radius 2 is 1.52 bits per heavy atom. The number of Topliss-reactive ketones (excluding diaryl/α,β-unsaturated/α-hetero) is 1. The molecule has 1 unspecified atom stereocenters. The molecule has 2 aromatic carbocycles. The summed E-state index contributed by atoms with van der Waals surface area (Å²) >= 11 is 0. The van der Waals surface area contributed by atoms with Crippen molar-refractivity contribution in [2.75, 3.05) is 20.8 Å². The zero-order valence-electron chi connectivity index (χ0n) is 16.8. The summed E-state index contributed by atoms with van der Waals surface area (Å²) in [5, 5.41) is 11.0. The molecule has 2 aromatic rings. The summed E-state index contributed by atoms with van der Waals surface area (Å²) < 4.78 is 10.4. The van der Waals surface area contributed by atoms with E-state index in [1.165, 1.54) is 0 Å². The van der Waals surface area contributed by atoms with Gasteiger partial charge in [-0.1, -0.05) is 25.5 Å². The van der Waals surface area contributed by atoms with Crippen LogP contribution in [0.15, 0.2) is 54.1 Å². The van der Waals surface area contributed by atoms with Gasteiger partial charge in [0.15, 0.2) is 0 Å². The lowest BCUT2D eigenvalue weighted by molar-refractivity contribution is -0.139. The van der Waals surface area contributed by atoms with E-state index in [4.69, 9.17) is 9.47 Å². The first-order chi connectivity index (χ1) is 14.0. The number of carbonyl (C=O) groups is 2. The minimum absolute atomic E-state index is 0.0986. The monoisotopic (exact) mass is 395 g/mol. The third-order valence-electron chi connectivity index (χ3n) is 5.09. The molecule has 1 N–H and O–H groups in total. The minimum Gasteiger partial charge on any atom is -0.507 e. The van der Waals surface area contributed by atoms with E-state index >= 15 is 0 Å². The van der Waals surface area contributed by atoms with Crippen molar-refractivity contribution in [3.8, 4) is 11.5 Å². The molecule has 1 fully saturated rings. The second kappa shape index (κ2) is 8.82. The molecule has 1 aliphatic rings. The van der Waals surface area contributed by atoms with Gasteiger partial charge >= 0.3 is 0 Å². The number of aliphatic hydroxyl groups excluding tert-OH is 1. The third kappa shape index (κ3) is 3.97. The summed E-state index contributed by atoms with van der Waals surface area (Å²) in [6.07, 6.45) is 1.65. The Hall–Kier alpha value is -3.28. The van der Waals surface area contributed by atoms with Gasteiger partial charge in [-0.15, -0.1) is 0 Å². The maximum absolute atomic E-state index is 12.9. The predicted molar refractivity (Wildman–Crippen MR) is 110 cm³/mol. The first-order valence-corrected chi connectivity index (χ1v) is 9.58. The second-order valence-electron chi connectivity index (χ2n) is 6.85. The van der Waals surface area contributed by atoms with E-state index in [1.807, 2.05) is 19.1 Å². The third-order valence-corrected chi connectivity index (χ3v) is 5.09. The van der Waals surface area contributed by atoms with Crippen LogP contribution >= 0.6 is 0 Å². The van der Waals surface area contributed by atoms with Crippen molar-refractivity contribution in [1.29, 1.82) is 0 Å². The molecule has 3 rings (SSSR count). The largest absolute Gasteiger partial charge is 0.507 e. The van der Waals surface area contributed by atoms with Crippen molar-refractivity contribution >= 4 is 17.4 Å². The lowest BCUT2D eigenvalue weighted by Gasteiger charge is -2.25. The van der Waals surface area contributed by atoms with Crippen LogP contribution < -0.4 is 9.47 Å². The van der Waals surface area contributed by atoms with Crippen molar-refractivity contribution in [3.63, 3.8) is 0 Å². The number of hydrogen-bond acceptors (Lipinski definition) is 5. The number of ketones is 1. The van der Waals surface area contributed by atoms with Crippen molar-refractivity contribution in [2.45, 2.75) is 25.8 Å². The molecule has 152 valence electrons. The van der Waals surface area contributed by atoms with E-state index in [9.17, 15) is 14.7 Å². The number of ether oxygens (including phenoxy) is 2. The molecular weight excluding hydrogens is 370 g/mol. The Morgan fingerprint density at radius 1 is 0.966 bits per heavy atom. The van der Waals surface area contributed by atoms with E-state index in [-0.39, 0.29) is 11.3 Å². The van der Waals surface area contributed by atoms with Gasteiger partial charge < -0.3 is 19.5 Å². The van der Waals surface area contributed by atoms with Gasteiger partial charge in [-0.2, -0.15) is 0 Å². The van der Waals surface area contributed by atoms with Crippen molar-refractivity contribution < 1.29 is 24.2 Å². The molecule has 1 amide bonds. The predicted octanol–water partition coefficient (Wildman–Crippen LogP) is 3.93. The average molecular weight is 395 g/mol. The molecule has 0 aliphatic carbocycles. The van der Waals surface area contributed by atoms with Gasteiger partial charge in [0.2, 0.25) is 0 Å². The minimum atomic E-state index is -0.671. The molecule has 0 spiro atoms. The van der Waals surface area contributed by atoms with Crippen LogP contribution in [0.1, 0.15) is 36.9 Å². The zero-order valence-corrected chi connectivity index (χ0v) is 16.8. The average Bonchev–Trinajstić information content (AvgIpc) is 3.02. The number of benzene rings is 2. The van der Waals surface area contributed by atoms with Crippen LogP contribution in [0.25, 0.3) is 5.76 Å². The topological polar surface area (TPSA) is 76.1 Å². The van der Waals surface area contributed by atoms with Crippen LogP contribution in [-0.4, -0.2) is 42.5 Å². The molecule has 0 aromatic heterocycles. The van der Waals surface area contributed by atoms with Gasteiger partial charge in [-0.05, 0) is 48.4 Å². The van der Waals surface area contributed by atoms with Crippen LogP contribution in [0.3, 0.4) is 0 Å². The summed E-state index contributed by atoms with van der Waals surface area (Å²) in [6.45, 7) is 2.47. The molecule has 1 atom stereocenters. The zero-order chi connectivity index (χ0) is 21.0. The van der Waals surface area contributed by atoms with Crippen molar-refractivity contribution in [2.24, 2.45) is 0 Å². The van der Waals surface area contributed by atoms with E-state index < -0.39 is 17.7 Å². The Morgan fingerprint density at radius 3 is 2.03 bits per heavy atom. The quantitative estimate of drug-likeness (QED) is 0.437. The smallest absolute Gasteiger partial charge is 0.295 e. The summed E-state index contributed by atoms with van der Waals surface area (Å²) in [7, 11) is 3.13. The summed E-state index contributed by atoms with van der Waals surface area (Å²) in [4.78, 5) is 27.2. The molecule has 0 bridgehead atoms. The number of amides is 1. The second-order valence-corrected chi connectivity index (χ2v) is 6.85. The highest BCUT2D eigenvalue weighted by atomic mass is 16.5. The molecule has 0 radical (unpaired) electrons. The molecule has 29 heavy (non-hydrogen) atoms. The number of likely N-dealkylation sites (tertiary alicyclic amines) is 1. The normalized spacial score (nSPS) is 18.2. The van der Waals surface area contributed by atoms with Crippen LogP contribution in [0.4, 0.5) is 0 Å². The fourth-order valence-corrected chi connectivity index (χ4v) is 3.48. The van der Waals surface area contributed by atoms with E-state index in [0.717, 1.165) is 18.4 Å². The summed E-state index contributed by atoms with van der Waals surface area (Å²) in [6, 6.07) is 13.3. The molecule has 6 heteroatoms. The van der Waals surface area contributed by atoms with E-state index in [0.29, 0.717) is 23.6 Å². The lowest BCUT2D eigenvalue weighted by atomic mass is 9.95. The molecular formula is C23H25NO5. The highest BCUT2D eigenvalue weighted by Gasteiger charge is 2.45. The van der Waals surface area contributed by atoms with Crippen LogP contribution in [-0.2, 0) is 9.59 Å². The molecule has 1 aliphatic heterocycles. The number of aliphatic hydroxyl groups is 1. The van der Waals surface area contributed by atoms with Crippen LogP contribution in [0, 0.1) is 0 Å². The number of unbranched alkanes of at least 4 members (excludes halogenated alkanes) is 1. The number of methoxy groups -OCH3 is 2. The van der Waals surface area contributed by atoms with E-state index in [2.05, 4.69) is 0 Å². The van der Waals surface area contributed by atoms with Crippen LogP contribution in [0.2, 0.25) is 0 Å². The number of nitrogens with zero attached hydrogens (tertiary/aromatic N) is 1.